The average molecular weight is 264 g/mol. The van der Waals surface area contributed by atoms with Crippen LogP contribution in [0.3, 0.4) is 0 Å². The van der Waals surface area contributed by atoms with E-state index in [1.165, 1.54) is 7.11 Å². The number of carbonyl (C=O) groups excluding carboxylic acids is 1. The molecular formula is C13H16N2O4. The third-order valence-electron chi connectivity index (χ3n) is 3.08. The zero-order chi connectivity index (χ0) is 14.0. The lowest BCUT2D eigenvalue weighted by atomic mass is 10.0. The maximum atomic E-state index is 11.1. The highest BCUT2D eigenvalue weighted by Crippen LogP contribution is 2.23. The van der Waals surface area contributed by atoms with Crippen LogP contribution in [0.2, 0.25) is 0 Å². The fourth-order valence-corrected chi connectivity index (χ4v) is 1.93. The summed E-state index contributed by atoms with van der Waals surface area (Å²) in [5.41, 5.74) is 1.38. The second-order valence-corrected chi connectivity index (χ2v) is 4.38. The highest BCUT2D eigenvalue weighted by atomic mass is 16.5. The molecule has 6 nitrogen and oxygen atoms in total. The lowest BCUT2D eigenvalue weighted by Crippen LogP contribution is -2.22. The number of aryl methyl sites for hydroxylation is 1. The van der Waals surface area contributed by atoms with E-state index >= 15 is 0 Å². The van der Waals surface area contributed by atoms with Crippen LogP contribution in [0, 0.1) is 0 Å². The summed E-state index contributed by atoms with van der Waals surface area (Å²) >= 11 is 0. The van der Waals surface area contributed by atoms with Crippen molar-refractivity contribution < 1.29 is 19.7 Å². The van der Waals surface area contributed by atoms with Crippen LogP contribution in [-0.4, -0.2) is 39.2 Å². The molecule has 2 N–H and O–H groups in total. The van der Waals surface area contributed by atoms with Crippen molar-refractivity contribution in [2.45, 2.75) is 18.6 Å². The molecule has 0 saturated heterocycles. The van der Waals surface area contributed by atoms with E-state index in [0.29, 0.717) is 5.56 Å². The Morgan fingerprint density at radius 2 is 2.21 bits per heavy atom. The van der Waals surface area contributed by atoms with Crippen LogP contribution in [0.4, 0.5) is 0 Å². The third-order valence-corrected chi connectivity index (χ3v) is 3.08. The molecule has 2 atom stereocenters. The first-order chi connectivity index (χ1) is 9.02. The van der Waals surface area contributed by atoms with Gasteiger partial charge >= 0.3 is 5.97 Å². The number of aromatic nitrogens is 2. The van der Waals surface area contributed by atoms with E-state index in [4.69, 9.17) is 0 Å². The first-order valence-corrected chi connectivity index (χ1v) is 5.87. The van der Waals surface area contributed by atoms with Gasteiger partial charge in [-0.15, -0.1) is 0 Å². The summed E-state index contributed by atoms with van der Waals surface area (Å²) in [5.74, 6) is -0.562. The number of aliphatic hydroxyl groups is 2. The average Bonchev–Trinajstić information content (AvgIpc) is 2.78. The minimum atomic E-state index is -1.20. The number of fused-ring (bicyclic) bond motifs is 1. The molecular weight excluding hydrogens is 248 g/mol. The molecule has 6 heteroatoms. The van der Waals surface area contributed by atoms with Crippen LogP contribution >= 0.6 is 0 Å². The Hall–Kier alpha value is -1.92. The minimum Gasteiger partial charge on any atom is -0.469 e. The van der Waals surface area contributed by atoms with E-state index in [2.05, 4.69) is 9.84 Å². The van der Waals surface area contributed by atoms with Gasteiger partial charge < -0.3 is 14.9 Å². The lowest BCUT2D eigenvalue weighted by Gasteiger charge is -2.17. The summed E-state index contributed by atoms with van der Waals surface area (Å²) in [5, 5.41) is 24.9. The Bertz CT molecular complexity index is 593. The van der Waals surface area contributed by atoms with E-state index in [1.807, 2.05) is 6.07 Å². The van der Waals surface area contributed by atoms with E-state index in [9.17, 15) is 15.0 Å². The number of benzene rings is 1. The minimum absolute atomic E-state index is 0.249. The van der Waals surface area contributed by atoms with Crippen molar-refractivity contribution in [3.05, 3.63) is 30.0 Å². The predicted octanol–water partition coefficient (Wildman–Crippen LogP) is 0.531. The maximum absolute atomic E-state index is 11.1. The van der Waals surface area contributed by atoms with Gasteiger partial charge in [-0.05, 0) is 11.6 Å². The van der Waals surface area contributed by atoms with Crippen LogP contribution in [0.15, 0.2) is 24.4 Å². The second kappa shape index (κ2) is 5.38. The number of esters is 1. The Morgan fingerprint density at radius 1 is 1.47 bits per heavy atom. The summed E-state index contributed by atoms with van der Waals surface area (Å²) in [6, 6.07) is 5.26. The number of hydrogen-bond donors (Lipinski definition) is 2. The van der Waals surface area contributed by atoms with Gasteiger partial charge in [-0.3, -0.25) is 9.48 Å². The highest BCUT2D eigenvalue weighted by molar-refractivity contribution is 5.79. The van der Waals surface area contributed by atoms with E-state index in [0.717, 1.165) is 10.9 Å². The molecule has 2 unspecified atom stereocenters. The molecule has 1 aromatic carbocycles. The summed E-state index contributed by atoms with van der Waals surface area (Å²) < 4.78 is 6.14. The van der Waals surface area contributed by atoms with Gasteiger partial charge in [-0.25, -0.2) is 0 Å². The van der Waals surface area contributed by atoms with Crippen molar-refractivity contribution in [2.24, 2.45) is 7.05 Å². The van der Waals surface area contributed by atoms with Crippen LogP contribution in [-0.2, 0) is 16.6 Å². The summed E-state index contributed by atoms with van der Waals surface area (Å²) in [4.78, 5) is 11.1. The topological polar surface area (TPSA) is 84.6 Å². The molecule has 0 aliphatic rings. The van der Waals surface area contributed by atoms with Gasteiger partial charge in [0.05, 0.1) is 31.3 Å². The standard InChI is InChI=1S/C13H16N2O4/c1-15-10-5-8(3-4-9(10)7-14-15)13(18)11(16)6-12(17)19-2/h3-5,7,11,13,16,18H,6H2,1-2H3. The van der Waals surface area contributed by atoms with Crippen molar-refractivity contribution in [2.75, 3.05) is 7.11 Å². The largest absolute Gasteiger partial charge is 0.469 e. The van der Waals surface area contributed by atoms with Crippen molar-refractivity contribution in [1.29, 1.82) is 0 Å². The zero-order valence-corrected chi connectivity index (χ0v) is 10.8. The molecule has 0 amide bonds. The lowest BCUT2D eigenvalue weighted by molar-refractivity contribution is -0.144. The molecule has 2 rings (SSSR count). The molecule has 0 bridgehead atoms. The first-order valence-electron chi connectivity index (χ1n) is 5.87. The quantitative estimate of drug-likeness (QED) is 0.787. The van der Waals surface area contributed by atoms with Gasteiger partial charge in [-0.2, -0.15) is 5.10 Å². The molecule has 0 aliphatic carbocycles. The predicted molar refractivity (Wildman–Crippen MR) is 68.3 cm³/mol. The third kappa shape index (κ3) is 2.74. The number of carbonyl (C=O) groups is 1. The number of ether oxygens (including phenoxy) is 1. The van der Waals surface area contributed by atoms with Crippen molar-refractivity contribution in [3.63, 3.8) is 0 Å². The smallest absolute Gasteiger partial charge is 0.308 e. The molecule has 2 aromatic rings. The maximum Gasteiger partial charge on any atom is 0.308 e. The second-order valence-electron chi connectivity index (χ2n) is 4.38. The molecule has 0 aliphatic heterocycles. The van der Waals surface area contributed by atoms with Gasteiger partial charge in [-0.1, -0.05) is 12.1 Å². The van der Waals surface area contributed by atoms with Crippen LogP contribution in [0.25, 0.3) is 10.9 Å². The SMILES string of the molecule is COC(=O)CC(O)C(O)c1ccc2cnn(C)c2c1. The first kappa shape index (κ1) is 13.5. The molecule has 0 radical (unpaired) electrons. The van der Waals surface area contributed by atoms with Gasteiger partial charge in [0, 0.05) is 12.4 Å². The number of methoxy groups -OCH3 is 1. The van der Waals surface area contributed by atoms with E-state index < -0.39 is 18.2 Å². The molecule has 0 spiro atoms. The monoisotopic (exact) mass is 264 g/mol. The summed E-state index contributed by atoms with van der Waals surface area (Å²) in [6.45, 7) is 0. The van der Waals surface area contributed by atoms with Crippen molar-refractivity contribution in [3.8, 4) is 0 Å². The van der Waals surface area contributed by atoms with Gasteiger partial charge in [0.1, 0.15) is 6.10 Å². The van der Waals surface area contributed by atoms with Crippen molar-refractivity contribution in [1.82, 2.24) is 9.78 Å². The fraction of sp³-hybridized carbons (Fsp3) is 0.385. The molecule has 102 valence electrons. The van der Waals surface area contributed by atoms with Crippen LogP contribution in [0.5, 0.6) is 0 Å². The number of nitrogens with zero attached hydrogens (tertiary/aromatic N) is 2. The van der Waals surface area contributed by atoms with Crippen LogP contribution in [0.1, 0.15) is 18.1 Å². The van der Waals surface area contributed by atoms with E-state index in [-0.39, 0.29) is 6.42 Å². The van der Waals surface area contributed by atoms with Gasteiger partial charge in [0.15, 0.2) is 0 Å². The Kier molecular flexibility index (Phi) is 3.82. The molecule has 1 aromatic heterocycles. The fourth-order valence-electron chi connectivity index (χ4n) is 1.93. The molecule has 19 heavy (non-hydrogen) atoms. The Morgan fingerprint density at radius 3 is 2.89 bits per heavy atom. The highest BCUT2D eigenvalue weighted by Gasteiger charge is 2.22. The summed E-state index contributed by atoms with van der Waals surface area (Å²) in [7, 11) is 3.03. The molecule has 0 saturated carbocycles. The Balaban J connectivity index is 2.22. The van der Waals surface area contributed by atoms with Gasteiger partial charge in [0.2, 0.25) is 0 Å². The normalized spacial score (nSPS) is 14.3. The van der Waals surface area contributed by atoms with Crippen LogP contribution < -0.4 is 0 Å². The Labute approximate surface area is 110 Å². The number of hydrogen-bond acceptors (Lipinski definition) is 5. The molecule has 0 fully saturated rings. The molecule has 1 heterocycles. The number of aliphatic hydroxyl groups excluding tert-OH is 2. The van der Waals surface area contributed by atoms with E-state index in [1.54, 1.807) is 30.1 Å². The summed E-state index contributed by atoms with van der Waals surface area (Å²) in [6.07, 6.45) is -0.867. The van der Waals surface area contributed by atoms with Crippen molar-refractivity contribution >= 4 is 16.9 Å². The zero-order valence-electron chi connectivity index (χ0n) is 10.8. The van der Waals surface area contributed by atoms with Gasteiger partial charge in [0.25, 0.3) is 0 Å². The number of rotatable bonds is 4.